The van der Waals surface area contributed by atoms with E-state index in [0.717, 1.165) is 40.6 Å². The molecule has 2 nitrogen and oxygen atoms in total. The number of thiazole rings is 1. The minimum Gasteiger partial charge on any atom is -0.387 e. The molecule has 0 spiro atoms. The second-order valence-corrected chi connectivity index (χ2v) is 6.79. The number of aryl methyl sites for hydroxylation is 1. The van der Waals surface area contributed by atoms with Gasteiger partial charge in [-0.2, -0.15) is 0 Å². The number of thioether (sulfide) groups is 1. The highest BCUT2D eigenvalue weighted by atomic mass is 32.2. The number of aliphatic hydroxyl groups is 1. The maximum absolute atomic E-state index is 13.1. The Bertz CT molecular complexity index is 585. The maximum Gasteiger partial charge on any atom is 0.124 e. The van der Waals surface area contributed by atoms with Crippen LogP contribution in [0.4, 0.5) is 4.39 Å². The van der Waals surface area contributed by atoms with E-state index >= 15 is 0 Å². The predicted octanol–water partition coefficient (Wildman–Crippen LogP) is 3.94. The lowest BCUT2D eigenvalue weighted by Crippen LogP contribution is -2.07. The van der Waals surface area contributed by atoms with Crippen LogP contribution in [0.2, 0.25) is 0 Å². The third kappa shape index (κ3) is 2.99. The molecule has 2 aromatic rings. The van der Waals surface area contributed by atoms with Gasteiger partial charge in [0.15, 0.2) is 0 Å². The van der Waals surface area contributed by atoms with Gasteiger partial charge in [0.25, 0.3) is 0 Å². The Labute approximate surface area is 119 Å². The Morgan fingerprint density at radius 3 is 3.16 bits per heavy atom. The highest BCUT2D eigenvalue weighted by Crippen LogP contribution is 2.35. The zero-order valence-corrected chi connectivity index (χ0v) is 11.9. The molecule has 0 fully saturated rings. The van der Waals surface area contributed by atoms with Gasteiger partial charge in [0, 0.05) is 9.77 Å². The molecular weight excluding hydrogens is 281 g/mol. The van der Waals surface area contributed by atoms with Gasteiger partial charge >= 0.3 is 0 Å². The van der Waals surface area contributed by atoms with Gasteiger partial charge in [0.1, 0.15) is 10.8 Å². The van der Waals surface area contributed by atoms with Crippen molar-refractivity contribution in [3.63, 3.8) is 0 Å². The average molecular weight is 295 g/mol. The summed E-state index contributed by atoms with van der Waals surface area (Å²) < 4.78 is 13.1. The van der Waals surface area contributed by atoms with Crippen molar-refractivity contribution < 1.29 is 9.50 Å². The maximum atomic E-state index is 13.1. The summed E-state index contributed by atoms with van der Waals surface area (Å²) in [5.74, 6) is 0.521. The third-order valence-corrected chi connectivity index (χ3v) is 5.45. The van der Waals surface area contributed by atoms with Crippen LogP contribution >= 0.6 is 23.1 Å². The van der Waals surface area contributed by atoms with Crippen molar-refractivity contribution in [2.24, 2.45) is 0 Å². The summed E-state index contributed by atoms with van der Waals surface area (Å²) in [6, 6.07) is 6.60. The lowest BCUT2D eigenvalue weighted by Gasteiger charge is -2.14. The smallest absolute Gasteiger partial charge is 0.124 e. The summed E-state index contributed by atoms with van der Waals surface area (Å²) in [7, 11) is 0. The van der Waals surface area contributed by atoms with Gasteiger partial charge in [-0.05, 0) is 37.5 Å². The van der Waals surface area contributed by atoms with Crippen LogP contribution in [0.5, 0.6) is 0 Å². The van der Waals surface area contributed by atoms with E-state index in [2.05, 4.69) is 4.98 Å². The molecule has 0 aliphatic heterocycles. The summed E-state index contributed by atoms with van der Waals surface area (Å²) in [6.07, 6.45) is 2.47. The SMILES string of the molecule is OC1CCCc2sc(CSc3cccc(F)c3)nc21. The fraction of sp³-hybridized carbons (Fsp3) is 0.357. The van der Waals surface area contributed by atoms with Gasteiger partial charge in [-0.15, -0.1) is 23.1 Å². The van der Waals surface area contributed by atoms with Gasteiger partial charge in [0.05, 0.1) is 17.6 Å². The fourth-order valence-corrected chi connectivity index (χ4v) is 4.31. The normalized spacial score (nSPS) is 18.3. The van der Waals surface area contributed by atoms with E-state index in [4.69, 9.17) is 0 Å². The van der Waals surface area contributed by atoms with Crippen molar-refractivity contribution in [2.45, 2.75) is 36.0 Å². The van der Waals surface area contributed by atoms with Crippen LogP contribution < -0.4 is 0 Å². The lowest BCUT2D eigenvalue weighted by molar-refractivity contribution is 0.153. The molecule has 1 atom stereocenters. The quantitative estimate of drug-likeness (QED) is 0.871. The topological polar surface area (TPSA) is 33.1 Å². The van der Waals surface area contributed by atoms with Gasteiger partial charge in [0.2, 0.25) is 0 Å². The van der Waals surface area contributed by atoms with Crippen molar-refractivity contribution in [3.05, 3.63) is 45.7 Å². The fourth-order valence-electron chi connectivity index (χ4n) is 2.21. The molecule has 100 valence electrons. The van der Waals surface area contributed by atoms with Crippen LogP contribution in [0.1, 0.15) is 34.5 Å². The number of fused-ring (bicyclic) bond motifs is 1. The molecule has 0 saturated heterocycles. The van der Waals surface area contributed by atoms with Gasteiger partial charge in [-0.25, -0.2) is 9.37 Å². The molecule has 1 N–H and O–H groups in total. The number of nitrogens with zero attached hydrogens (tertiary/aromatic N) is 1. The number of rotatable bonds is 3. The van der Waals surface area contributed by atoms with Gasteiger partial charge in [-0.1, -0.05) is 6.07 Å². The highest BCUT2D eigenvalue weighted by molar-refractivity contribution is 7.98. The summed E-state index contributed by atoms with van der Waals surface area (Å²) in [4.78, 5) is 6.65. The molecule has 1 aromatic heterocycles. The van der Waals surface area contributed by atoms with Gasteiger partial charge < -0.3 is 5.11 Å². The number of aromatic nitrogens is 1. The Morgan fingerprint density at radius 2 is 2.37 bits per heavy atom. The first-order valence-corrected chi connectivity index (χ1v) is 8.07. The number of benzene rings is 1. The van der Waals surface area contributed by atoms with Crippen LogP contribution in [-0.4, -0.2) is 10.1 Å². The lowest BCUT2D eigenvalue weighted by atomic mass is 10.0. The van der Waals surface area contributed by atoms with Crippen LogP contribution in [0.15, 0.2) is 29.2 Å². The number of halogens is 1. The molecule has 3 rings (SSSR count). The molecule has 1 aliphatic carbocycles. The van der Waals surface area contributed by atoms with Crippen LogP contribution in [0.3, 0.4) is 0 Å². The molecule has 5 heteroatoms. The van der Waals surface area contributed by atoms with Crippen LogP contribution in [-0.2, 0) is 12.2 Å². The molecule has 0 amide bonds. The summed E-state index contributed by atoms with van der Waals surface area (Å²) in [5.41, 5.74) is 0.867. The standard InChI is InChI=1S/C14H14FNOS2/c15-9-3-1-4-10(7-9)18-8-13-16-14-11(17)5-2-6-12(14)19-13/h1,3-4,7,11,17H,2,5-6,8H2. The van der Waals surface area contributed by atoms with Crippen molar-refractivity contribution in [3.8, 4) is 0 Å². The number of hydrogen-bond acceptors (Lipinski definition) is 4. The molecule has 19 heavy (non-hydrogen) atoms. The number of hydrogen-bond donors (Lipinski definition) is 1. The largest absolute Gasteiger partial charge is 0.387 e. The second kappa shape index (κ2) is 5.61. The molecule has 0 bridgehead atoms. The van der Waals surface area contributed by atoms with Crippen molar-refractivity contribution in [2.75, 3.05) is 0 Å². The summed E-state index contributed by atoms with van der Waals surface area (Å²) in [6.45, 7) is 0. The molecule has 0 saturated carbocycles. The van der Waals surface area contributed by atoms with E-state index in [9.17, 15) is 9.50 Å². The van der Waals surface area contributed by atoms with Crippen molar-refractivity contribution >= 4 is 23.1 Å². The van der Waals surface area contributed by atoms with Crippen molar-refractivity contribution in [1.82, 2.24) is 4.98 Å². The first-order valence-electron chi connectivity index (χ1n) is 6.27. The monoisotopic (exact) mass is 295 g/mol. The Balaban J connectivity index is 1.71. The minimum atomic E-state index is -0.395. The molecule has 0 radical (unpaired) electrons. The van der Waals surface area contributed by atoms with E-state index in [0.29, 0.717) is 0 Å². The number of aliphatic hydroxyl groups excluding tert-OH is 1. The first-order chi connectivity index (χ1) is 9.22. The van der Waals surface area contributed by atoms with Crippen LogP contribution in [0, 0.1) is 5.82 Å². The van der Waals surface area contributed by atoms with E-state index in [1.165, 1.54) is 17.0 Å². The minimum absolute atomic E-state index is 0.209. The van der Waals surface area contributed by atoms with E-state index in [1.54, 1.807) is 29.2 Å². The third-order valence-electron chi connectivity index (χ3n) is 3.13. The predicted molar refractivity (Wildman–Crippen MR) is 76.0 cm³/mol. The zero-order chi connectivity index (χ0) is 13.2. The molecular formula is C14H14FNOS2. The molecule has 1 aliphatic rings. The molecule has 1 heterocycles. The first kappa shape index (κ1) is 13.1. The van der Waals surface area contributed by atoms with E-state index < -0.39 is 6.10 Å². The molecule has 1 unspecified atom stereocenters. The highest BCUT2D eigenvalue weighted by Gasteiger charge is 2.22. The average Bonchev–Trinajstić information content (AvgIpc) is 2.81. The Morgan fingerprint density at radius 1 is 1.47 bits per heavy atom. The summed E-state index contributed by atoms with van der Waals surface area (Å²) >= 11 is 3.26. The zero-order valence-electron chi connectivity index (χ0n) is 10.3. The van der Waals surface area contributed by atoms with Gasteiger partial charge in [-0.3, -0.25) is 0 Å². The Kier molecular flexibility index (Phi) is 3.86. The summed E-state index contributed by atoms with van der Waals surface area (Å²) in [5, 5.41) is 10.9. The van der Waals surface area contributed by atoms with E-state index in [1.807, 2.05) is 6.07 Å². The Hall–Kier alpha value is -0.910. The second-order valence-electron chi connectivity index (χ2n) is 4.57. The molecule has 1 aromatic carbocycles. The van der Waals surface area contributed by atoms with E-state index in [-0.39, 0.29) is 5.82 Å². The van der Waals surface area contributed by atoms with Crippen molar-refractivity contribution in [1.29, 1.82) is 0 Å². The van der Waals surface area contributed by atoms with Crippen LogP contribution in [0.25, 0.3) is 0 Å².